The number of nitrogens with one attached hydrogen (secondary N) is 1. The maximum atomic E-state index is 12.7. The minimum Gasteiger partial charge on any atom is -0.463 e. The number of carbonyl (C=O) groups is 3. The third-order valence-electron chi connectivity index (χ3n) is 3.84. The van der Waals surface area contributed by atoms with Crippen molar-refractivity contribution in [3.05, 3.63) is 0 Å². The minimum atomic E-state index is -1.46. The summed E-state index contributed by atoms with van der Waals surface area (Å²) in [7, 11) is 0. The number of esters is 3. The predicted octanol–water partition coefficient (Wildman–Crippen LogP) is 1.83. The van der Waals surface area contributed by atoms with Gasteiger partial charge >= 0.3 is 17.9 Å². The highest BCUT2D eigenvalue weighted by molar-refractivity contribution is 5.96. The lowest BCUT2D eigenvalue weighted by atomic mass is 9.86. The van der Waals surface area contributed by atoms with Crippen molar-refractivity contribution in [1.29, 1.82) is 0 Å². The SMILES string of the molecule is CCOC(=O)C(C)(C)OC(=O)[C@@H](C(=O)OC(C)(C)C)[C@H]1CCCNC1. The first-order valence-electron chi connectivity index (χ1n) is 8.81. The Hall–Kier alpha value is -1.63. The van der Waals surface area contributed by atoms with Gasteiger partial charge in [-0.2, -0.15) is 0 Å². The molecule has 0 bridgehead atoms. The molecule has 0 amide bonds. The van der Waals surface area contributed by atoms with Crippen LogP contribution in [0, 0.1) is 11.8 Å². The fraction of sp³-hybridized carbons (Fsp3) is 0.833. The third kappa shape index (κ3) is 6.65. The predicted molar refractivity (Wildman–Crippen MR) is 91.7 cm³/mol. The van der Waals surface area contributed by atoms with E-state index in [1.807, 2.05) is 0 Å². The van der Waals surface area contributed by atoms with Crippen LogP contribution in [-0.2, 0) is 28.6 Å². The molecule has 0 spiro atoms. The van der Waals surface area contributed by atoms with E-state index in [4.69, 9.17) is 14.2 Å². The van der Waals surface area contributed by atoms with Crippen molar-refractivity contribution < 1.29 is 28.6 Å². The number of hydrogen-bond acceptors (Lipinski definition) is 7. The Morgan fingerprint density at radius 1 is 1.08 bits per heavy atom. The van der Waals surface area contributed by atoms with Crippen LogP contribution >= 0.6 is 0 Å². The molecule has 2 atom stereocenters. The molecule has 0 aromatic heterocycles. The fourth-order valence-corrected chi connectivity index (χ4v) is 2.67. The topological polar surface area (TPSA) is 90.9 Å². The van der Waals surface area contributed by atoms with Crippen LogP contribution in [-0.4, -0.2) is 48.8 Å². The summed E-state index contributed by atoms with van der Waals surface area (Å²) < 4.78 is 15.7. The van der Waals surface area contributed by atoms with Crippen molar-refractivity contribution in [1.82, 2.24) is 5.32 Å². The van der Waals surface area contributed by atoms with Gasteiger partial charge in [0.15, 0.2) is 5.92 Å². The van der Waals surface area contributed by atoms with Crippen molar-refractivity contribution in [3.63, 3.8) is 0 Å². The Labute approximate surface area is 149 Å². The smallest absolute Gasteiger partial charge is 0.349 e. The molecule has 7 nitrogen and oxygen atoms in total. The van der Waals surface area contributed by atoms with Crippen molar-refractivity contribution in [3.8, 4) is 0 Å². The van der Waals surface area contributed by atoms with Gasteiger partial charge in [-0.3, -0.25) is 9.59 Å². The van der Waals surface area contributed by atoms with Gasteiger partial charge in [0.2, 0.25) is 5.60 Å². The molecule has 0 unspecified atom stereocenters. The summed E-state index contributed by atoms with van der Waals surface area (Å²) in [6.45, 7) is 11.4. The van der Waals surface area contributed by atoms with Crippen molar-refractivity contribution in [2.24, 2.45) is 11.8 Å². The third-order valence-corrected chi connectivity index (χ3v) is 3.84. The van der Waals surface area contributed by atoms with Crippen molar-refractivity contribution >= 4 is 17.9 Å². The van der Waals surface area contributed by atoms with Gasteiger partial charge in [0.1, 0.15) is 5.60 Å². The largest absolute Gasteiger partial charge is 0.463 e. The summed E-state index contributed by atoms with van der Waals surface area (Å²) in [5, 5.41) is 3.19. The average molecular weight is 357 g/mol. The van der Waals surface area contributed by atoms with Crippen LogP contribution in [0.2, 0.25) is 0 Å². The maximum Gasteiger partial charge on any atom is 0.349 e. The summed E-state index contributed by atoms with van der Waals surface area (Å²) in [6.07, 6.45) is 1.57. The standard InChI is InChI=1S/C18H31NO6/c1-7-23-16(22)18(5,6)25-15(21)13(12-9-8-10-19-11-12)14(20)24-17(2,3)4/h12-13,19H,7-11H2,1-6H3/t12-,13+/m0/s1. The van der Waals surface area contributed by atoms with Gasteiger partial charge in [-0.1, -0.05) is 0 Å². The van der Waals surface area contributed by atoms with Gasteiger partial charge < -0.3 is 19.5 Å². The molecule has 1 heterocycles. The summed E-state index contributed by atoms with van der Waals surface area (Å²) in [6, 6.07) is 0. The molecule has 0 aromatic carbocycles. The lowest BCUT2D eigenvalue weighted by Gasteiger charge is -2.32. The van der Waals surface area contributed by atoms with Crippen LogP contribution < -0.4 is 5.32 Å². The molecule has 1 N–H and O–H groups in total. The molecule has 1 aliphatic heterocycles. The van der Waals surface area contributed by atoms with Crippen LogP contribution in [0.25, 0.3) is 0 Å². The molecule has 1 fully saturated rings. The summed E-state index contributed by atoms with van der Waals surface area (Å²) >= 11 is 0. The van der Waals surface area contributed by atoms with E-state index in [9.17, 15) is 14.4 Å². The van der Waals surface area contributed by atoms with Crippen LogP contribution in [0.4, 0.5) is 0 Å². The minimum absolute atomic E-state index is 0.182. The summed E-state index contributed by atoms with van der Waals surface area (Å²) in [5.74, 6) is -3.31. The van der Waals surface area contributed by atoms with E-state index in [1.165, 1.54) is 13.8 Å². The van der Waals surface area contributed by atoms with E-state index in [2.05, 4.69) is 5.32 Å². The Kier molecular flexibility index (Phi) is 7.41. The van der Waals surface area contributed by atoms with Gasteiger partial charge in [0.25, 0.3) is 0 Å². The van der Waals surface area contributed by atoms with Crippen molar-refractivity contribution in [2.45, 2.75) is 65.6 Å². The first kappa shape index (κ1) is 21.4. The van der Waals surface area contributed by atoms with Gasteiger partial charge in [-0.25, -0.2) is 4.79 Å². The van der Waals surface area contributed by atoms with E-state index in [1.54, 1.807) is 27.7 Å². The van der Waals surface area contributed by atoms with Crippen molar-refractivity contribution in [2.75, 3.05) is 19.7 Å². The van der Waals surface area contributed by atoms with E-state index < -0.39 is 35.0 Å². The fourth-order valence-electron chi connectivity index (χ4n) is 2.67. The molecule has 0 aliphatic carbocycles. The highest BCUT2D eigenvalue weighted by atomic mass is 16.6. The second kappa shape index (κ2) is 8.65. The molecule has 1 saturated heterocycles. The molecule has 1 rings (SSSR count). The molecule has 25 heavy (non-hydrogen) atoms. The van der Waals surface area contributed by atoms with E-state index in [-0.39, 0.29) is 12.5 Å². The molecule has 0 radical (unpaired) electrons. The quantitative estimate of drug-likeness (QED) is 0.440. The van der Waals surface area contributed by atoms with Crippen LogP contribution in [0.1, 0.15) is 54.4 Å². The normalized spacial score (nSPS) is 19.7. The zero-order valence-corrected chi connectivity index (χ0v) is 16.1. The number of piperidine rings is 1. The van der Waals surface area contributed by atoms with Gasteiger partial charge in [-0.15, -0.1) is 0 Å². The Bertz CT molecular complexity index is 488. The Morgan fingerprint density at radius 2 is 1.68 bits per heavy atom. The number of ether oxygens (including phenoxy) is 3. The monoisotopic (exact) mass is 357 g/mol. The molecule has 7 heteroatoms. The lowest BCUT2D eigenvalue weighted by molar-refractivity contribution is -0.188. The van der Waals surface area contributed by atoms with Gasteiger partial charge in [-0.05, 0) is 73.4 Å². The second-order valence-corrected chi connectivity index (χ2v) is 7.77. The molecule has 0 saturated carbocycles. The Balaban J connectivity index is 2.95. The summed E-state index contributed by atoms with van der Waals surface area (Å²) in [4.78, 5) is 37.3. The van der Waals surface area contributed by atoms with E-state index in [0.717, 1.165) is 13.0 Å². The zero-order valence-electron chi connectivity index (χ0n) is 16.1. The highest BCUT2D eigenvalue weighted by Gasteiger charge is 2.43. The second-order valence-electron chi connectivity index (χ2n) is 7.77. The first-order valence-corrected chi connectivity index (χ1v) is 8.81. The summed E-state index contributed by atoms with van der Waals surface area (Å²) in [5.41, 5.74) is -2.18. The van der Waals surface area contributed by atoms with Crippen LogP contribution in [0.3, 0.4) is 0 Å². The zero-order chi connectivity index (χ0) is 19.3. The molecule has 144 valence electrons. The number of hydrogen-bond donors (Lipinski definition) is 1. The molecular formula is C18H31NO6. The molecule has 1 aliphatic rings. The van der Waals surface area contributed by atoms with Gasteiger partial charge in [0.05, 0.1) is 6.61 Å². The van der Waals surface area contributed by atoms with Crippen LogP contribution in [0.15, 0.2) is 0 Å². The highest BCUT2D eigenvalue weighted by Crippen LogP contribution is 2.27. The Morgan fingerprint density at radius 3 is 2.16 bits per heavy atom. The molecular weight excluding hydrogens is 326 g/mol. The number of rotatable bonds is 6. The van der Waals surface area contributed by atoms with Gasteiger partial charge in [0, 0.05) is 0 Å². The van der Waals surface area contributed by atoms with E-state index in [0.29, 0.717) is 13.0 Å². The number of carbonyl (C=O) groups excluding carboxylic acids is 3. The molecule has 0 aromatic rings. The van der Waals surface area contributed by atoms with E-state index >= 15 is 0 Å². The lowest BCUT2D eigenvalue weighted by Crippen LogP contribution is -2.47. The maximum absolute atomic E-state index is 12.7. The average Bonchev–Trinajstić information content (AvgIpc) is 2.46. The first-order chi connectivity index (χ1) is 11.5. The van der Waals surface area contributed by atoms with Crippen LogP contribution in [0.5, 0.6) is 0 Å².